The van der Waals surface area contributed by atoms with E-state index in [2.05, 4.69) is 36.1 Å². The first-order chi connectivity index (χ1) is 7.54. The summed E-state index contributed by atoms with van der Waals surface area (Å²) >= 11 is 0. The molecular formula is C12H20N4. The van der Waals surface area contributed by atoms with E-state index in [4.69, 9.17) is 5.73 Å². The number of hydrogen-bond acceptors (Lipinski definition) is 4. The molecule has 1 aliphatic carbocycles. The van der Waals surface area contributed by atoms with Gasteiger partial charge in [0.25, 0.3) is 0 Å². The Morgan fingerprint density at radius 1 is 1.56 bits per heavy atom. The van der Waals surface area contributed by atoms with Crippen molar-refractivity contribution in [3.63, 3.8) is 0 Å². The second-order valence-electron chi connectivity index (χ2n) is 5.20. The summed E-state index contributed by atoms with van der Waals surface area (Å²) in [6, 6.07) is 0. The average molecular weight is 220 g/mol. The van der Waals surface area contributed by atoms with Crippen LogP contribution < -0.4 is 11.1 Å². The summed E-state index contributed by atoms with van der Waals surface area (Å²) in [7, 11) is 0. The van der Waals surface area contributed by atoms with Crippen molar-refractivity contribution in [3.8, 4) is 0 Å². The Labute approximate surface area is 96.7 Å². The van der Waals surface area contributed by atoms with Gasteiger partial charge in [0, 0.05) is 19.3 Å². The third-order valence-electron chi connectivity index (χ3n) is 3.26. The quantitative estimate of drug-likeness (QED) is 0.812. The van der Waals surface area contributed by atoms with Crippen molar-refractivity contribution in [2.45, 2.75) is 38.5 Å². The Hall–Kier alpha value is -1.16. The summed E-state index contributed by atoms with van der Waals surface area (Å²) in [6.45, 7) is 8.06. The number of anilines is 1. The number of nitrogens with two attached hydrogens (primary N) is 1. The average Bonchev–Trinajstić information content (AvgIpc) is 2.46. The Morgan fingerprint density at radius 3 is 3.00 bits per heavy atom. The van der Waals surface area contributed by atoms with Gasteiger partial charge < -0.3 is 11.1 Å². The number of rotatable bonds is 3. The van der Waals surface area contributed by atoms with Crippen molar-refractivity contribution in [1.29, 1.82) is 0 Å². The molecule has 3 N–H and O–H groups in total. The van der Waals surface area contributed by atoms with E-state index in [1.165, 1.54) is 11.3 Å². The fourth-order valence-corrected chi connectivity index (χ4v) is 2.53. The maximum Gasteiger partial charge on any atom is 0.222 e. The van der Waals surface area contributed by atoms with Gasteiger partial charge in [0.1, 0.15) is 0 Å². The van der Waals surface area contributed by atoms with Gasteiger partial charge in [0.15, 0.2) is 0 Å². The predicted octanol–water partition coefficient (Wildman–Crippen LogP) is 1.63. The highest BCUT2D eigenvalue weighted by molar-refractivity contribution is 5.39. The first-order valence-corrected chi connectivity index (χ1v) is 5.86. The smallest absolute Gasteiger partial charge is 0.222 e. The lowest BCUT2D eigenvalue weighted by Crippen LogP contribution is -2.16. The van der Waals surface area contributed by atoms with Gasteiger partial charge in [0.2, 0.25) is 5.95 Å². The molecule has 1 atom stereocenters. The molecule has 0 saturated carbocycles. The molecule has 4 heteroatoms. The SMILES string of the molecule is CC1CC(C)(C)c2cnc(NCCN)nc21. The number of nitrogens with zero attached hydrogens (tertiary/aromatic N) is 2. The van der Waals surface area contributed by atoms with Gasteiger partial charge in [0.05, 0.1) is 5.69 Å². The van der Waals surface area contributed by atoms with Crippen LogP contribution in [0.25, 0.3) is 0 Å². The molecule has 0 radical (unpaired) electrons. The highest BCUT2D eigenvalue weighted by Gasteiger charge is 2.36. The molecule has 88 valence electrons. The third kappa shape index (κ3) is 1.89. The molecule has 1 aromatic rings. The predicted molar refractivity (Wildman–Crippen MR) is 65.6 cm³/mol. The second kappa shape index (κ2) is 4.01. The number of nitrogens with one attached hydrogen (secondary N) is 1. The van der Waals surface area contributed by atoms with Crippen LogP contribution in [0.15, 0.2) is 6.20 Å². The van der Waals surface area contributed by atoms with E-state index in [-0.39, 0.29) is 5.41 Å². The van der Waals surface area contributed by atoms with E-state index in [1.807, 2.05) is 6.20 Å². The minimum absolute atomic E-state index is 0.209. The van der Waals surface area contributed by atoms with Crippen LogP contribution in [0.1, 0.15) is 44.4 Å². The molecule has 0 aromatic carbocycles. The van der Waals surface area contributed by atoms with Crippen LogP contribution in [0, 0.1) is 0 Å². The highest BCUT2D eigenvalue weighted by atomic mass is 15.1. The van der Waals surface area contributed by atoms with Crippen molar-refractivity contribution >= 4 is 5.95 Å². The van der Waals surface area contributed by atoms with E-state index in [0.29, 0.717) is 18.4 Å². The molecule has 0 bridgehead atoms. The molecule has 0 aliphatic heterocycles. The van der Waals surface area contributed by atoms with Crippen LogP contribution in [0.5, 0.6) is 0 Å². The van der Waals surface area contributed by atoms with E-state index in [9.17, 15) is 0 Å². The summed E-state index contributed by atoms with van der Waals surface area (Å²) in [4.78, 5) is 8.93. The first-order valence-electron chi connectivity index (χ1n) is 5.86. The summed E-state index contributed by atoms with van der Waals surface area (Å²) in [5.41, 5.74) is 8.14. The van der Waals surface area contributed by atoms with Crippen LogP contribution in [-0.4, -0.2) is 23.1 Å². The van der Waals surface area contributed by atoms with Gasteiger partial charge in [-0.3, -0.25) is 0 Å². The van der Waals surface area contributed by atoms with E-state index >= 15 is 0 Å². The zero-order valence-electron chi connectivity index (χ0n) is 10.2. The van der Waals surface area contributed by atoms with Crippen molar-refractivity contribution in [2.75, 3.05) is 18.4 Å². The molecule has 0 fully saturated rings. The van der Waals surface area contributed by atoms with Crippen molar-refractivity contribution in [3.05, 3.63) is 17.5 Å². The Morgan fingerprint density at radius 2 is 2.31 bits per heavy atom. The molecule has 16 heavy (non-hydrogen) atoms. The molecule has 1 heterocycles. The minimum atomic E-state index is 0.209. The third-order valence-corrected chi connectivity index (χ3v) is 3.26. The normalized spacial score (nSPS) is 21.9. The molecule has 1 aliphatic rings. The van der Waals surface area contributed by atoms with Gasteiger partial charge in [-0.05, 0) is 23.3 Å². The summed E-state index contributed by atoms with van der Waals surface area (Å²) in [5.74, 6) is 1.22. The van der Waals surface area contributed by atoms with E-state index < -0.39 is 0 Å². The summed E-state index contributed by atoms with van der Waals surface area (Å²) < 4.78 is 0. The molecule has 0 amide bonds. The largest absolute Gasteiger partial charge is 0.353 e. The second-order valence-corrected chi connectivity index (χ2v) is 5.20. The zero-order chi connectivity index (χ0) is 11.8. The Balaban J connectivity index is 2.29. The molecule has 0 saturated heterocycles. The zero-order valence-corrected chi connectivity index (χ0v) is 10.2. The minimum Gasteiger partial charge on any atom is -0.353 e. The Kier molecular flexibility index (Phi) is 2.84. The molecule has 0 spiro atoms. The Bertz CT molecular complexity index is 387. The van der Waals surface area contributed by atoms with Gasteiger partial charge >= 0.3 is 0 Å². The van der Waals surface area contributed by atoms with Crippen LogP contribution in [-0.2, 0) is 5.41 Å². The lowest BCUT2D eigenvalue weighted by molar-refractivity contribution is 0.488. The van der Waals surface area contributed by atoms with Crippen LogP contribution in [0.2, 0.25) is 0 Å². The van der Waals surface area contributed by atoms with Crippen LogP contribution in [0.3, 0.4) is 0 Å². The molecule has 1 unspecified atom stereocenters. The first kappa shape index (κ1) is 11.3. The lowest BCUT2D eigenvalue weighted by atomic mass is 9.87. The summed E-state index contributed by atoms with van der Waals surface area (Å²) in [6.07, 6.45) is 3.11. The maximum absolute atomic E-state index is 5.44. The summed E-state index contributed by atoms with van der Waals surface area (Å²) in [5, 5.41) is 3.12. The van der Waals surface area contributed by atoms with E-state index in [1.54, 1.807) is 0 Å². The highest BCUT2D eigenvalue weighted by Crippen LogP contribution is 2.44. The fraction of sp³-hybridized carbons (Fsp3) is 0.667. The monoisotopic (exact) mass is 220 g/mol. The van der Waals surface area contributed by atoms with Crippen molar-refractivity contribution in [1.82, 2.24) is 9.97 Å². The van der Waals surface area contributed by atoms with Gasteiger partial charge in [-0.1, -0.05) is 20.8 Å². The molecule has 2 rings (SSSR count). The fourth-order valence-electron chi connectivity index (χ4n) is 2.53. The van der Waals surface area contributed by atoms with E-state index in [0.717, 1.165) is 13.0 Å². The van der Waals surface area contributed by atoms with Crippen molar-refractivity contribution < 1.29 is 0 Å². The van der Waals surface area contributed by atoms with Crippen LogP contribution in [0.4, 0.5) is 5.95 Å². The molecule has 1 aromatic heterocycles. The topological polar surface area (TPSA) is 63.8 Å². The molecule has 4 nitrogen and oxygen atoms in total. The van der Waals surface area contributed by atoms with Crippen LogP contribution >= 0.6 is 0 Å². The number of aromatic nitrogens is 2. The van der Waals surface area contributed by atoms with Gasteiger partial charge in [-0.25, -0.2) is 9.97 Å². The van der Waals surface area contributed by atoms with Gasteiger partial charge in [-0.2, -0.15) is 0 Å². The standard InChI is InChI=1S/C12H20N4/c1-8-6-12(2,3)9-7-15-11(14-5-4-13)16-10(8)9/h7-8H,4-6,13H2,1-3H3,(H,14,15,16). The van der Waals surface area contributed by atoms with Gasteiger partial charge in [-0.15, -0.1) is 0 Å². The number of fused-ring (bicyclic) bond motifs is 1. The molecular weight excluding hydrogens is 200 g/mol. The maximum atomic E-state index is 5.44. The van der Waals surface area contributed by atoms with Crippen molar-refractivity contribution in [2.24, 2.45) is 5.73 Å². The number of hydrogen-bond donors (Lipinski definition) is 2. The lowest BCUT2D eigenvalue weighted by Gasteiger charge is -2.17.